The number of nitrogens with zero attached hydrogens (tertiary/aromatic N) is 2. The Balaban J connectivity index is 1.79. The van der Waals surface area contributed by atoms with E-state index < -0.39 is 0 Å². The number of amides is 1. The molecule has 1 N–H and O–H groups in total. The lowest BCUT2D eigenvalue weighted by Crippen LogP contribution is -2.32. The van der Waals surface area contributed by atoms with Crippen LogP contribution in [0, 0.1) is 5.92 Å². The first-order valence-corrected chi connectivity index (χ1v) is 9.31. The molecule has 0 spiro atoms. The summed E-state index contributed by atoms with van der Waals surface area (Å²) in [6.07, 6.45) is 0. The highest BCUT2D eigenvalue weighted by atomic mass is 79.9. The van der Waals surface area contributed by atoms with E-state index >= 15 is 0 Å². The van der Waals surface area contributed by atoms with Gasteiger partial charge in [0.25, 0.3) is 5.91 Å². The van der Waals surface area contributed by atoms with Gasteiger partial charge in [0.1, 0.15) is 11.8 Å². The first-order chi connectivity index (χ1) is 13.0. The van der Waals surface area contributed by atoms with Crippen LogP contribution in [0.15, 0.2) is 57.5 Å². The van der Waals surface area contributed by atoms with Crippen LogP contribution in [0.5, 0.6) is 5.75 Å². The first kappa shape index (κ1) is 19.1. The second-order valence-electron chi connectivity index (χ2n) is 6.39. The van der Waals surface area contributed by atoms with Crippen molar-refractivity contribution in [3.05, 3.63) is 64.5 Å². The fourth-order valence-corrected chi connectivity index (χ4v) is 2.82. The van der Waals surface area contributed by atoms with Crippen LogP contribution in [0.3, 0.4) is 0 Å². The quantitative estimate of drug-likeness (QED) is 0.617. The second-order valence-corrected chi connectivity index (χ2v) is 7.30. The number of carbonyl (C=O) groups is 1. The van der Waals surface area contributed by atoms with Gasteiger partial charge in [-0.3, -0.25) is 4.79 Å². The number of methoxy groups -OCH3 is 1. The number of hydrogen-bond acceptors (Lipinski definition) is 5. The van der Waals surface area contributed by atoms with Crippen molar-refractivity contribution < 1.29 is 14.1 Å². The lowest BCUT2D eigenvalue weighted by atomic mass is 10.0. The number of nitrogens with one attached hydrogen (secondary N) is 1. The maximum Gasteiger partial charge on any atom is 0.251 e. The molecule has 1 aromatic heterocycles. The van der Waals surface area contributed by atoms with Crippen molar-refractivity contribution >= 4 is 21.8 Å². The average Bonchev–Trinajstić information content (AvgIpc) is 3.16. The van der Waals surface area contributed by atoms with Gasteiger partial charge in [0.15, 0.2) is 0 Å². The monoisotopic (exact) mass is 429 g/mol. The molecule has 0 aliphatic carbocycles. The zero-order valence-corrected chi connectivity index (χ0v) is 16.9. The van der Waals surface area contributed by atoms with E-state index in [9.17, 15) is 4.79 Å². The third kappa shape index (κ3) is 4.54. The Morgan fingerprint density at radius 1 is 1.11 bits per heavy atom. The molecule has 7 heteroatoms. The van der Waals surface area contributed by atoms with Crippen molar-refractivity contribution in [1.29, 1.82) is 0 Å². The molecule has 0 bridgehead atoms. The zero-order chi connectivity index (χ0) is 19.4. The molecule has 2 aromatic carbocycles. The number of aromatic nitrogens is 2. The summed E-state index contributed by atoms with van der Waals surface area (Å²) in [5.74, 6) is 1.49. The zero-order valence-electron chi connectivity index (χ0n) is 15.3. The molecular weight excluding hydrogens is 410 g/mol. The molecule has 1 heterocycles. The van der Waals surface area contributed by atoms with Crippen molar-refractivity contribution in [1.82, 2.24) is 15.5 Å². The molecule has 1 amide bonds. The van der Waals surface area contributed by atoms with Crippen molar-refractivity contribution in [2.75, 3.05) is 7.11 Å². The molecule has 3 rings (SSSR count). The van der Waals surface area contributed by atoms with Gasteiger partial charge in [-0.1, -0.05) is 34.9 Å². The van der Waals surface area contributed by atoms with Gasteiger partial charge in [-0.05, 0) is 54.4 Å². The Hall–Kier alpha value is -2.67. The summed E-state index contributed by atoms with van der Waals surface area (Å²) in [6.45, 7) is 3.98. The molecule has 0 saturated carbocycles. The molecule has 0 fully saturated rings. The van der Waals surface area contributed by atoms with Crippen LogP contribution in [-0.2, 0) is 0 Å². The van der Waals surface area contributed by atoms with Crippen LogP contribution in [0.4, 0.5) is 0 Å². The second kappa shape index (κ2) is 8.35. The summed E-state index contributed by atoms with van der Waals surface area (Å²) in [6, 6.07) is 14.2. The van der Waals surface area contributed by atoms with E-state index in [-0.39, 0.29) is 17.9 Å². The van der Waals surface area contributed by atoms with Crippen LogP contribution in [-0.4, -0.2) is 23.2 Å². The molecular formula is C20H20BrN3O3. The summed E-state index contributed by atoms with van der Waals surface area (Å²) < 4.78 is 11.5. The van der Waals surface area contributed by atoms with Crippen molar-refractivity contribution in [3.63, 3.8) is 0 Å². The molecule has 6 nitrogen and oxygen atoms in total. The smallest absolute Gasteiger partial charge is 0.251 e. The summed E-state index contributed by atoms with van der Waals surface area (Å²) in [7, 11) is 1.61. The van der Waals surface area contributed by atoms with Gasteiger partial charge in [-0.2, -0.15) is 4.98 Å². The minimum absolute atomic E-state index is 0.0774. The minimum Gasteiger partial charge on any atom is -0.497 e. The van der Waals surface area contributed by atoms with E-state index in [1.165, 1.54) is 0 Å². The number of carbonyl (C=O) groups excluding carboxylic acids is 1. The molecule has 27 heavy (non-hydrogen) atoms. The van der Waals surface area contributed by atoms with E-state index in [1.807, 2.05) is 50.2 Å². The molecule has 140 valence electrons. The van der Waals surface area contributed by atoms with Crippen LogP contribution in [0.1, 0.15) is 36.1 Å². The molecule has 0 unspecified atom stereocenters. The highest BCUT2D eigenvalue weighted by Crippen LogP contribution is 2.25. The molecule has 0 saturated heterocycles. The maximum atomic E-state index is 12.6. The van der Waals surface area contributed by atoms with E-state index in [1.54, 1.807) is 19.2 Å². The van der Waals surface area contributed by atoms with Crippen molar-refractivity contribution in [2.24, 2.45) is 5.92 Å². The predicted molar refractivity (Wildman–Crippen MR) is 105 cm³/mol. The van der Waals surface area contributed by atoms with Crippen LogP contribution < -0.4 is 10.1 Å². The highest BCUT2D eigenvalue weighted by Gasteiger charge is 2.25. The Kier molecular flexibility index (Phi) is 5.91. The Morgan fingerprint density at radius 3 is 2.37 bits per heavy atom. The number of hydrogen-bond donors (Lipinski definition) is 1. The van der Waals surface area contributed by atoms with E-state index in [2.05, 4.69) is 31.4 Å². The van der Waals surface area contributed by atoms with E-state index in [0.717, 1.165) is 15.8 Å². The standard InChI is InChI=1S/C20H20BrN3O3/c1-12(2)17(22-19(25)14-4-8-15(21)9-5-14)20-23-18(24-27-20)13-6-10-16(26-3)11-7-13/h4-12,17H,1-3H3,(H,22,25)/t17-/m0/s1. The van der Waals surface area contributed by atoms with Crippen molar-refractivity contribution in [3.8, 4) is 17.1 Å². The average molecular weight is 430 g/mol. The minimum atomic E-state index is -0.388. The van der Waals surface area contributed by atoms with Gasteiger partial charge < -0.3 is 14.6 Å². The van der Waals surface area contributed by atoms with Gasteiger partial charge in [0.2, 0.25) is 11.7 Å². The van der Waals surface area contributed by atoms with E-state index in [0.29, 0.717) is 17.3 Å². The molecule has 0 aliphatic rings. The van der Waals surface area contributed by atoms with Crippen LogP contribution in [0.25, 0.3) is 11.4 Å². The summed E-state index contributed by atoms with van der Waals surface area (Å²) in [4.78, 5) is 17.0. The van der Waals surface area contributed by atoms with Gasteiger partial charge in [-0.25, -0.2) is 0 Å². The fourth-order valence-electron chi connectivity index (χ4n) is 2.56. The summed E-state index contributed by atoms with van der Waals surface area (Å²) in [5.41, 5.74) is 1.38. The number of ether oxygens (including phenoxy) is 1. The first-order valence-electron chi connectivity index (χ1n) is 8.52. The predicted octanol–water partition coefficient (Wildman–Crippen LogP) is 4.63. The van der Waals surface area contributed by atoms with Gasteiger partial charge >= 0.3 is 0 Å². The molecule has 3 aromatic rings. The molecule has 1 atom stereocenters. The number of rotatable bonds is 6. The Morgan fingerprint density at radius 2 is 1.78 bits per heavy atom. The van der Waals surface area contributed by atoms with Crippen LogP contribution >= 0.6 is 15.9 Å². The molecule has 0 aliphatic heterocycles. The molecule has 0 radical (unpaired) electrons. The summed E-state index contributed by atoms with van der Waals surface area (Å²) in [5, 5.41) is 7.03. The largest absolute Gasteiger partial charge is 0.497 e. The topological polar surface area (TPSA) is 77.3 Å². The van der Waals surface area contributed by atoms with E-state index in [4.69, 9.17) is 9.26 Å². The maximum absolute atomic E-state index is 12.6. The Bertz CT molecular complexity index is 905. The number of benzene rings is 2. The lowest BCUT2D eigenvalue weighted by molar-refractivity contribution is 0.0914. The fraction of sp³-hybridized carbons (Fsp3) is 0.250. The SMILES string of the molecule is COc1ccc(-c2noc([C@@H](NC(=O)c3ccc(Br)cc3)C(C)C)n2)cc1. The van der Waals surface area contributed by atoms with Crippen LogP contribution in [0.2, 0.25) is 0 Å². The van der Waals surface area contributed by atoms with Crippen molar-refractivity contribution in [2.45, 2.75) is 19.9 Å². The Labute approximate surface area is 166 Å². The third-order valence-electron chi connectivity index (χ3n) is 4.12. The van der Waals surface area contributed by atoms with Gasteiger partial charge in [-0.15, -0.1) is 0 Å². The third-order valence-corrected chi connectivity index (χ3v) is 4.64. The van der Waals surface area contributed by atoms with Gasteiger partial charge in [0.05, 0.1) is 7.11 Å². The van der Waals surface area contributed by atoms with Gasteiger partial charge in [0, 0.05) is 15.6 Å². The lowest BCUT2D eigenvalue weighted by Gasteiger charge is -2.18. The number of halogens is 1. The summed E-state index contributed by atoms with van der Waals surface area (Å²) >= 11 is 3.37. The highest BCUT2D eigenvalue weighted by molar-refractivity contribution is 9.10. The normalized spacial score (nSPS) is 12.0.